The van der Waals surface area contributed by atoms with Crippen molar-refractivity contribution in [2.45, 2.75) is 70.1 Å². The first-order valence-electron chi connectivity index (χ1n) is 6.31. The summed E-state index contributed by atoms with van der Waals surface area (Å²) in [7, 11) is 0. The largest absolute Gasteiger partial charge is 0.389 e. The van der Waals surface area contributed by atoms with Crippen molar-refractivity contribution in [1.82, 2.24) is 0 Å². The van der Waals surface area contributed by atoms with E-state index in [1.807, 2.05) is 0 Å². The van der Waals surface area contributed by atoms with Crippen LogP contribution in [0.5, 0.6) is 0 Å². The summed E-state index contributed by atoms with van der Waals surface area (Å²) in [4.78, 5) is 0. The molecule has 0 aromatic carbocycles. The highest BCUT2D eigenvalue weighted by molar-refractivity contribution is 4.85. The van der Waals surface area contributed by atoms with Gasteiger partial charge in [0.2, 0.25) is 0 Å². The maximum absolute atomic E-state index is 9.65. The molecule has 3 nitrogen and oxygen atoms in total. The van der Waals surface area contributed by atoms with E-state index in [2.05, 4.69) is 6.92 Å². The lowest BCUT2D eigenvalue weighted by molar-refractivity contribution is 0.0342. The summed E-state index contributed by atoms with van der Waals surface area (Å²) in [5, 5.41) is 9.65. The van der Waals surface area contributed by atoms with E-state index in [0.717, 1.165) is 12.8 Å². The van der Waals surface area contributed by atoms with Gasteiger partial charge in [0, 0.05) is 0 Å². The van der Waals surface area contributed by atoms with Gasteiger partial charge in [-0.1, -0.05) is 45.4 Å². The number of aliphatic hydroxyl groups excluding tert-OH is 1. The topological polar surface area (TPSA) is 55.5 Å². The second-order valence-electron chi connectivity index (χ2n) is 4.58. The lowest BCUT2D eigenvalue weighted by atomic mass is 10.0. The fourth-order valence-corrected chi connectivity index (χ4v) is 2.09. The third kappa shape index (κ3) is 4.49. The molecule has 0 bridgehead atoms. The van der Waals surface area contributed by atoms with Crippen molar-refractivity contribution in [3.63, 3.8) is 0 Å². The van der Waals surface area contributed by atoms with Gasteiger partial charge in [0.15, 0.2) is 0 Å². The van der Waals surface area contributed by atoms with Crippen LogP contribution in [0.1, 0.15) is 51.9 Å². The predicted molar refractivity (Wildman–Crippen MR) is 61.7 cm³/mol. The highest BCUT2D eigenvalue weighted by Crippen LogP contribution is 2.19. The van der Waals surface area contributed by atoms with Crippen LogP contribution in [-0.4, -0.2) is 30.0 Å². The number of ether oxygens (including phenoxy) is 1. The van der Waals surface area contributed by atoms with Gasteiger partial charge in [-0.25, -0.2) is 0 Å². The Kier molecular flexibility index (Phi) is 6.22. The van der Waals surface area contributed by atoms with Gasteiger partial charge in [-0.3, -0.25) is 0 Å². The van der Waals surface area contributed by atoms with E-state index in [9.17, 15) is 5.11 Å². The van der Waals surface area contributed by atoms with Crippen LogP contribution in [0.2, 0.25) is 0 Å². The Morgan fingerprint density at radius 2 is 1.87 bits per heavy atom. The van der Waals surface area contributed by atoms with Gasteiger partial charge in [0.1, 0.15) is 0 Å². The van der Waals surface area contributed by atoms with Crippen LogP contribution in [0, 0.1) is 0 Å². The summed E-state index contributed by atoms with van der Waals surface area (Å²) < 4.78 is 5.43. The molecule has 1 aliphatic heterocycles. The molecule has 0 radical (unpaired) electrons. The van der Waals surface area contributed by atoms with Gasteiger partial charge >= 0.3 is 0 Å². The SMILES string of the molecule is CCCCCCCC[C@@H]1OC[C@H](N)[C@@H]1O. The summed E-state index contributed by atoms with van der Waals surface area (Å²) in [6.07, 6.45) is 8.19. The van der Waals surface area contributed by atoms with Crippen molar-refractivity contribution in [3.05, 3.63) is 0 Å². The monoisotopic (exact) mass is 215 g/mol. The Labute approximate surface area is 93.0 Å². The van der Waals surface area contributed by atoms with Gasteiger partial charge in [0.05, 0.1) is 24.9 Å². The maximum atomic E-state index is 9.65. The molecule has 0 aromatic rings. The van der Waals surface area contributed by atoms with Crippen LogP contribution in [0.15, 0.2) is 0 Å². The third-order valence-corrected chi connectivity index (χ3v) is 3.16. The molecule has 1 saturated heterocycles. The van der Waals surface area contributed by atoms with Crippen molar-refractivity contribution in [1.29, 1.82) is 0 Å². The van der Waals surface area contributed by atoms with E-state index in [0.29, 0.717) is 6.61 Å². The molecule has 0 unspecified atom stereocenters. The van der Waals surface area contributed by atoms with E-state index in [-0.39, 0.29) is 12.1 Å². The normalized spacial score (nSPS) is 31.0. The van der Waals surface area contributed by atoms with Gasteiger partial charge in [-0.2, -0.15) is 0 Å². The van der Waals surface area contributed by atoms with Crippen molar-refractivity contribution in [2.75, 3.05) is 6.61 Å². The highest BCUT2D eigenvalue weighted by atomic mass is 16.5. The zero-order chi connectivity index (χ0) is 11.1. The molecule has 1 rings (SSSR count). The summed E-state index contributed by atoms with van der Waals surface area (Å²) in [5.41, 5.74) is 5.66. The predicted octanol–water partition coefficient (Wildman–Crippen LogP) is 1.82. The second-order valence-corrected chi connectivity index (χ2v) is 4.58. The lowest BCUT2D eigenvalue weighted by Gasteiger charge is -2.14. The zero-order valence-electron chi connectivity index (χ0n) is 9.82. The Morgan fingerprint density at radius 3 is 2.47 bits per heavy atom. The maximum Gasteiger partial charge on any atom is 0.0974 e. The van der Waals surface area contributed by atoms with E-state index >= 15 is 0 Å². The molecule has 0 aliphatic carbocycles. The fourth-order valence-electron chi connectivity index (χ4n) is 2.09. The number of hydrogen-bond donors (Lipinski definition) is 2. The second kappa shape index (κ2) is 7.20. The first-order valence-corrected chi connectivity index (χ1v) is 6.31. The van der Waals surface area contributed by atoms with Crippen molar-refractivity contribution in [2.24, 2.45) is 5.73 Å². The summed E-state index contributed by atoms with van der Waals surface area (Å²) in [6.45, 7) is 2.74. The van der Waals surface area contributed by atoms with Crippen LogP contribution >= 0.6 is 0 Å². The Morgan fingerprint density at radius 1 is 1.20 bits per heavy atom. The number of rotatable bonds is 7. The van der Waals surface area contributed by atoms with Crippen LogP contribution in [0.25, 0.3) is 0 Å². The molecule has 1 heterocycles. The van der Waals surface area contributed by atoms with Gasteiger partial charge < -0.3 is 15.6 Å². The van der Waals surface area contributed by atoms with Crippen molar-refractivity contribution < 1.29 is 9.84 Å². The van der Waals surface area contributed by atoms with Gasteiger partial charge in [-0.05, 0) is 6.42 Å². The third-order valence-electron chi connectivity index (χ3n) is 3.16. The molecular formula is C12H25NO2. The van der Waals surface area contributed by atoms with Crippen LogP contribution in [-0.2, 0) is 4.74 Å². The van der Waals surface area contributed by atoms with Gasteiger partial charge in [0.25, 0.3) is 0 Å². The molecule has 3 N–H and O–H groups in total. The minimum atomic E-state index is -0.444. The summed E-state index contributed by atoms with van der Waals surface area (Å²) in [6, 6.07) is -0.171. The van der Waals surface area contributed by atoms with Crippen LogP contribution in [0.3, 0.4) is 0 Å². The van der Waals surface area contributed by atoms with E-state index in [1.165, 1.54) is 32.1 Å². The van der Waals surface area contributed by atoms with Crippen LogP contribution in [0.4, 0.5) is 0 Å². The molecule has 1 aliphatic rings. The molecule has 0 aromatic heterocycles. The molecular weight excluding hydrogens is 190 g/mol. The number of unbranched alkanes of at least 4 members (excludes halogenated alkanes) is 5. The Hall–Kier alpha value is -0.120. The molecule has 0 amide bonds. The molecule has 3 atom stereocenters. The molecule has 3 heteroatoms. The Bertz CT molecular complexity index is 164. The number of hydrogen-bond acceptors (Lipinski definition) is 3. The minimum Gasteiger partial charge on any atom is -0.389 e. The smallest absolute Gasteiger partial charge is 0.0974 e. The van der Waals surface area contributed by atoms with Crippen molar-refractivity contribution >= 4 is 0 Å². The zero-order valence-corrected chi connectivity index (χ0v) is 9.82. The highest BCUT2D eigenvalue weighted by Gasteiger charge is 2.32. The molecule has 90 valence electrons. The quantitative estimate of drug-likeness (QED) is 0.637. The van der Waals surface area contributed by atoms with Gasteiger partial charge in [-0.15, -0.1) is 0 Å². The molecule has 0 saturated carbocycles. The standard InChI is InChI=1S/C12H25NO2/c1-2-3-4-5-6-7-8-11-12(14)10(13)9-15-11/h10-12,14H,2-9,13H2,1H3/t10-,11-,12-/m0/s1. The van der Waals surface area contributed by atoms with E-state index < -0.39 is 6.10 Å². The summed E-state index contributed by atoms with van der Waals surface area (Å²) >= 11 is 0. The van der Waals surface area contributed by atoms with E-state index in [1.54, 1.807) is 0 Å². The Balaban J connectivity index is 1.96. The first-order chi connectivity index (χ1) is 7.25. The minimum absolute atomic E-state index is 0.00817. The molecule has 0 spiro atoms. The van der Waals surface area contributed by atoms with E-state index in [4.69, 9.17) is 10.5 Å². The first kappa shape index (κ1) is 12.9. The van der Waals surface area contributed by atoms with Crippen LogP contribution < -0.4 is 5.73 Å². The lowest BCUT2D eigenvalue weighted by Crippen LogP contribution is -2.36. The fraction of sp³-hybridized carbons (Fsp3) is 1.00. The molecule has 1 fully saturated rings. The number of aliphatic hydroxyl groups is 1. The van der Waals surface area contributed by atoms with Crippen molar-refractivity contribution in [3.8, 4) is 0 Å². The average molecular weight is 215 g/mol. The molecule has 15 heavy (non-hydrogen) atoms. The number of nitrogens with two attached hydrogens (primary N) is 1. The average Bonchev–Trinajstić information content (AvgIpc) is 2.54. The summed E-state index contributed by atoms with van der Waals surface area (Å²) in [5.74, 6) is 0.